The number of nitrogens with zero attached hydrogens (tertiary/aromatic N) is 4. The van der Waals surface area contributed by atoms with Crippen molar-refractivity contribution in [2.24, 2.45) is 10.9 Å². The van der Waals surface area contributed by atoms with E-state index in [4.69, 9.17) is 10.9 Å². The number of rotatable bonds is 7. The molecule has 0 saturated heterocycles. The molecule has 0 aliphatic heterocycles. The second-order valence-electron chi connectivity index (χ2n) is 4.98. The van der Waals surface area contributed by atoms with Gasteiger partial charge in [-0.3, -0.25) is 0 Å². The van der Waals surface area contributed by atoms with Crippen LogP contribution < -0.4 is 10.6 Å². The standard InChI is InChI=1S/C14H25N5O/c1-5-7-8-19(11(4)6-2)14-16-10(3)9-12(17-14)13(15)18-20/h9,11,20H,5-8H2,1-4H3,(H2,15,18). The van der Waals surface area contributed by atoms with Gasteiger partial charge in [0, 0.05) is 18.3 Å². The van der Waals surface area contributed by atoms with Gasteiger partial charge in [-0.15, -0.1) is 0 Å². The number of hydrogen-bond acceptors (Lipinski definition) is 5. The van der Waals surface area contributed by atoms with Gasteiger partial charge >= 0.3 is 0 Å². The molecule has 0 aliphatic carbocycles. The molecule has 1 aromatic rings. The van der Waals surface area contributed by atoms with Crippen LogP contribution in [0.4, 0.5) is 5.95 Å². The number of aromatic nitrogens is 2. The Balaban J connectivity index is 3.15. The third kappa shape index (κ3) is 4.08. The monoisotopic (exact) mass is 279 g/mol. The Kier molecular flexibility index (Phi) is 6.21. The summed E-state index contributed by atoms with van der Waals surface area (Å²) in [6.45, 7) is 9.25. The van der Waals surface area contributed by atoms with Crippen LogP contribution in [0.5, 0.6) is 0 Å². The van der Waals surface area contributed by atoms with Gasteiger partial charge in [0.25, 0.3) is 0 Å². The van der Waals surface area contributed by atoms with E-state index < -0.39 is 0 Å². The molecule has 1 unspecified atom stereocenters. The molecule has 0 saturated carbocycles. The molecule has 0 fully saturated rings. The van der Waals surface area contributed by atoms with Crippen molar-refractivity contribution in [3.63, 3.8) is 0 Å². The minimum atomic E-state index is 0.0105. The van der Waals surface area contributed by atoms with Crippen molar-refractivity contribution < 1.29 is 5.21 Å². The molecule has 0 radical (unpaired) electrons. The van der Waals surface area contributed by atoms with Crippen molar-refractivity contribution in [3.05, 3.63) is 17.5 Å². The molecule has 0 bridgehead atoms. The van der Waals surface area contributed by atoms with Crippen molar-refractivity contribution in [2.45, 2.75) is 53.0 Å². The summed E-state index contributed by atoms with van der Waals surface area (Å²) in [5.74, 6) is 0.658. The third-order valence-corrected chi connectivity index (χ3v) is 3.34. The fourth-order valence-electron chi connectivity index (χ4n) is 1.93. The average Bonchev–Trinajstić information content (AvgIpc) is 2.45. The van der Waals surface area contributed by atoms with Crippen LogP contribution in [0.2, 0.25) is 0 Å². The normalized spacial score (nSPS) is 13.3. The summed E-state index contributed by atoms with van der Waals surface area (Å²) in [4.78, 5) is 11.1. The highest BCUT2D eigenvalue weighted by molar-refractivity contribution is 5.95. The van der Waals surface area contributed by atoms with E-state index in [1.807, 2.05) is 6.92 Å². The van der Waals surface area contributed by atoms with Crippen LogP contribution in [-0.4, -0.2) is 33.6 Å². The predicted molar refractivity (Wildman–Crippen MR) is 81.3 cm³/mol. The number of aryl methyl sites for hydroxylation is 1. The summed E-state index contributed by atoms with van der Waals surface area (Å²) in [6, 6.07) is 2.07. The average molecular weight is 279 g/mol. The largest absolute Gasteiger partial charge is 0.409 e. The summed E-state index contributed by atoms with van der Waals surface area (Å²) in [6.07, 6.45) is 3.21. The molecule has 20 heavy (non-hydrogen) atoms. The van der Waals surface area contributed by atoms with Crippen molar-refractivity contribution >= 4 is 11.8 Å². The van der Waals surface area contributed by atoms with E-state index in [1.165, 1.54) is 0 Å². The zero-order valence-corrected chi connectivity index (χ0v) is 12.8. The minimum Gasteiger partial charge on any atom is -0.409 e. The van der Waals surface area contributed by atoms with Crippen molar-refractivity contribution in [1.29, 1.82) is 0 Å². The van der Waals surface area contributed by atoms with Gasteiger partial charge in [-0.25, -0.2) is 9.97 Å². The maximum Gasteiger partial charge on any atom is 0.226 e. The fraction of sp³-hybridized carbons (Fsp3) is 0.643. The second-order valence-corrected chi connectivity index (χ2v) is 4.98. The van der Waals surface area contributed by atoms with Crippen LogP contribution in [0.25, 0.3) is 0 Å². The van der Waals surface area contributed by atoms with E-state index in [0.717, 1.165) is 31.5 Å². The lowest BCUT2D eigenvalue weighted by molar-refractivity contribution is 0.318. The van der Waals surface area contributed by atoms with Gasteiger partial charge in [0.1, 0.15) is 5.69 Å². The molecule has 1 aromatic heterocycles. The van der Waals surface area contributed by atoms with E-state index in [9.17, 15) is 0 Å². The van der Waals surface area contributed by atoms with Crippen LogP contribution in [0, 0.1) is 6.92 Å². The van der Waals surface area contributed by atoms with Crippen molar-refractivity contribution in [1.82, 2.24) is 9.97 Å². The van der Waals surface area contributed by atoms with Gasteiger partial charge in [0.15, 0.2) is 5.84 Å². The van der Waals surface area contributed by atoms with Crippen LogP contribution in [0.15, 0.2) is 11.2 Å². The van der Waals surface area contributed by atoms with Crippen LogP contribution in [0.3, 0.4) is 0 Å². The van der Waals surface area contributed by atoms with E-state index >= 15 is 0 Å². The van der Waals surface area contributed by atoms with Gasteiger partial charge in [-0.1, -0.05) is 25.4 Å². The van der Waals surface area contributed by atoms with Crippen LogP contribution in [-0.2, 0) is 0 Å². The SMILES string of the molecule is CCCCN(c1nc(C)cc(/C(N)=N/O)n1)C(C)CC. The first-order chi connectivity index (χ1) is 9.53. The Bertz CT molecular complexity index is 461. The van der Waals surface area contributed by atoms with Gasteiger partial charge in [-0.2, -0.15) is 0 Å². The zero-order chi connectivity index (χ0) is 15.1. The molecular weight excluding hydrogens is 254 g/mol. The molecule has 112 valence electrons. The third-order valence-electron chi connectivity index (χ3n) is 3.34. The minimum absolute atomic E-state index is 0.0105. The van der Waals surface area contributed by atoms with Crippen LogP contribution >= 0.6 is 0 Å². The maximum atomic E-state index is 8.79. The second kappa shape index (κ2) is 7.67. The lowest BCUT2D eigenvalue weighted by Crippen LogP contribution is -2.35. The Morgan fingerprint density at radius 3 is 2.70 bits per heavy atom. The van der Waals surface area contributed by atoms with Crippen molar-refractivity contribution in [2.75, 3.05) is 11.4 Å². The molecular formula is C14H25N5O. The molecule has 0 aliphatic rings. The van der Waals surface area contributed by atoms with Gasteiger partial charge < -0.3 is 15.8 Å². The number of nitrogens with two attached hydrogens (primary N) is 1. The first-order valence-corrected chi connectivity index (χ1v) is 7.13. The zero-order valence-electron chi connectivity index (χ0n) is 12.8. The molecule has 0 amide bonds. The molecule has 1 atom stereocenters. The van der Waals surface area contributed by atoms with Gasteiger partial charge in [-0.05, 0) is 32.8 Å². The molecule has 3 N–H and O–H groups in total. The Labute approximate surface area is 120 Å². The molecule has 0 spiro atoms. The molecule has 1 rings (SSSR count). The topological polar surface area (TPSA) is 87.6 Å². The quantitative estimate of drug-likeness (QED) is 0.346. The van der Waals surface area contributed by atoms with Gasteiger partial charge in [0.05, 0.1) is 0 Å². The summed E-state index contributed by atoms with van der Waals surface area (Å²) in [5, 5.41) is 11.8. The van der Waals surface area contributed by atoms with Crippen molar-refractivity contribution in [3.8, 4) is 0 Å². The smallest absolute Gasteiger partial charge is 0.226 e. The summed E-state index contributed by atoms with van der Waals surface area (Å²) >= 11 is 0. The Morgan fingerprint density at radius 2 is 2.15 bits per heavy atom. The number of amidine groups is 1. The Hall–Kier alpha value is -1.85. The molecule has 6 nitrogen and oxygen atoms in total. The number of unbranched alkanes of at least 4 members (excludes halogenated alkanes) is 1. The van der Waals surface area contributed by atoms with Gasteiger partial charge in [0.2, 0.25) is 5.95 Å². The fourth-order valence-corrected chi connectivity index (χ4v) is 1.93. The molecule has 0 aromatic carbocycles. The van der Waals surface area contributed by atoms with E-state index in [1.54, 1.807) is 6.07 Å². The molecule has 1 heterocycles. The summed E-state index contributed by atoms with van der Waals surface area (Å²) in [7, 11) is 0. The highest BCUT2D eigenvalue weighted by Gasteiger charge is 2.17. The predicted octanol–water partition coefficient (Wildman–Crippen LogP) is 2.28. The highest BCUT2D eigenvalue weighted by Crippen LogP contribution is 2.16. The first-order valence-electron chi connectivity index (χ1n) is 7.13. The highest BCUT2D eigenvalue weighted by atomic mass is 16.4. The van der Waals surface area contributed by atoms with E-state index in [2.05, 4.69) is 40.8 Å². The maximum absolute atomic E-state index is 8.79. The lowest BCUT2D eigenvalue weighted by Gasteiger charge is -2.29. The number of oxime groups is 1. The van der Waals surface area contributed by atoms with E-state index in [-0.39, 0.29) is 5.84 Å². The van der Waals surface area contributed by atoms with E-state index in [0.29, 0.717) is 17.7 Å². The van der Waals surface area contributed by atoms with Crippen LogP contribution in [0.1, 0.15) is 51.4 Å². The first kappa shape index (κ1) is 16.2. The number of hydrogen-bond donors (Lipinski definition) is 2. The lowest BCUT2D eigenvalue weighted by atomic mass is 10.2. The summed E-state index contributed by atoms with van der Waals surface area (Å²) in [5.41, 5.74) is 6.90. The number of anilines is 1. The molecule has 6 heteroatoms. The Morgan fingerprint density at radius 1 is 1.45 bits per heavy atom. The summed E-state index contributed by atoms with van der Waals surface area (Å²) < 4.78 is 0.